The predicted octanol–water partition coefficient (Wildman–Crippen LogP) is 4.26. The van der Waals surface area contributed by atoms with E-state index in [2.05, 4.69) is 10.6 Å². The lowest BCUT2D eigenvalue weighted by Crippen LogP contribution is -2.36. The highest BCUT2D eigenvalue weighted by Gasteiger charge is 2.51. The number of thiophene rings is 1. The Hall–Kier alpha value is -2.93. The molecule has 0 unspecified atom stereocenters. The number of rotatable bonds is 5. The Morgan fingerprint density at radius 2 is 1.71 bits per heavy atom. The molecule has 3 aliphatic carbocycles. The summed E-state index contributed by atoms with van der Waals surface area (Å²) >= 11 is 1.45. The number of amides is 2. The first-order valence-electron chi connectivity index (χ1n) is 10.7. The van der Waals surface area contributed by atoms with Crippen molar-refractivity contribution in [3.05, 3.63) is 58.0 Å². The summed E-state index contributed by atoms with van der Waals surface area (Å²) in [5, 5.41) is 16.1. The van der Waals surface area contributed by atoms with Crippen LogP contribution >= 0.6 is 11.3 Å². The van der Waals surface area contributed by atoms with Gasteiger partial charge in [0.2, 0.25) is 5.91 Å². The third-order valence-corrected chi connectivity index (χ3v) is 7.95. The number of anilines is 2. The lowest BCUT2D eigenvalue weighted by molar-refractivity contribution is -0.146. The second-order valence-electron chi connectivity index (χ2n) is 8.71. The van der Waals surface area contributed by atoms with Gasteiger partial charge in [-0.15, -0.1) is 11.3 Å². The van der Waals surface area contributed by atoms with E-state index in [0.29, 0.717) is 22.7 Å². The first-order valence-corrected chi connectivity index (χ1v) is 11.5. The minimum absolute atomic E-state index is 0.0530. The molecule has 1 fully saturated rings. The van der Waals surface area contributed by atoms with E-state index in [1.165, 1.54) is 11.3 Å². The molecule has 1 saturated carbocycles. The molecule has 0 radical (unpaired) electrons. The molecular formula is C24H24N2O4S. The number of nitrogens with one attached hydrogen (secondary N) is 2. The first-order chi connectivity index (χ1) is 14.9. The fourth-order valence-electron chi connectivity index (χ4n) is 5.27. The van der Waals surface area contributed by atoms with Gasteiger partial charge in [0.15, 0.2) is 0 Å². The van der Waals surface area contributed by atoms with Gasteiger partial charge in [0.05, 0.1) is 17.4 Å². The molecule has 5 rings (SSSR count). The molecule has 1 aromatic carbocycles. The van der Waals surface area contributed by atoms with Crippen LogP contribution in [0.5, 0.6) is 0 Å². The van der Waals surface area contributed by atoms with Gasteiger partial charge in [-0.25, -0.2) is 0 Å². The number of hydrogen-bond donors (Lipinski definition) is 3. The van der Waals surface area contributed by atoms with Crippen LogP contribution in [-0.2, 0) is 22.4 Å². The fraction of sp³-hybridized carbons (Fsp3) is 0.375. The zero-order valence-electron chi connectivity index (χ0n) is 17.2. The van der Waals surface area contributed by atoms with Crippen molar-refractivity contribution >= 4 is 39.8 Å². The molecule has 6 nitrogen and oxygen atoms in total. The lowest BCUT2D eigenvalue weighted by atomic mass is 9.82. The van der Waals surface area contributed by atoms with Crippen LogP contribution in [0, 0.1) is 30.6 Å². The summed E-state index contributed by atoms with van der Waals surface area (Å²) in [5.74, 6) is -2.90. The summed E-state index contributed by atoms with van der Waals surface area (Å²) in [6.45, 7) is 1.99. The van der Waals surface area contributed by atoms with E-state index in [1.54, 1.807) is 0 Å². The average molecular weight is 437 g/mol. The van der Waals surface area contributed by atoms with Crippen LogP contribution in [0.3, 0.4) is 0 Å². The van der Waals surface area contributed by atoms with E-state index in [1.807, 2.05) is 43.3 Å². The maximum absolute atomic E-state index is 13.2. The zero-order valence-corrected chi connectivity index (χ0v) is 18.0. The van der Waals surface area contributed by atoms with Gasteiger partial charge in [0, 0.05) is 10.6 Å². The molecule has 2 bridgehead atoms. The molecule has 3 aliphatic rings. The van der Waals surface area contributed by atoms with E-state index in [9.17, 15) is 19.5 Å². The second-order valence-corrected chi connectivity index (χ2v) is 9.81. The van der Waals surface area contributed by atoms with Crippen LogP contribution in [0.15, 0.2) is 36.4 Å². The van der Waals surface area contributed by atoms with Gasteiger partial charge in [-0.3, -0.25) is 14.4 Å². The quantitative estimate of drug-likeness (QED) is 0.611. The van der Waals surface area contributed by atoms with Crippen LogP contribution in [0.25, 0.3) is 0 Å². The maximum atomic E-state index is 13.2. The SMILES string of the molecule is Cc1ccc(NC(=O)c2c(NC(=O)[C@H]3[C@@H](C(=O)O)[C@H]4C=C[C@@H]3C4)sc3c2CCC3)cc1. The molecule has 2 amide bonds. The number of aryl methyl sites for hydroxylation is 2. The van der Waals surface area contributed by atoms with Crippen molar-refractivity contribution in [1.29, 1.82) is 0 Å². The van der Waals surface area contributed by atoms with Crippen LogP contribution in [0.2, 0.25) is 0 Å². The third kappa shape index (κ3) is 3.47. The van der Waals surface area contributed by atoms with Gasteiger partial charge in [0.25, 0.3) is 5.91 Å². The molecular weight excluding hydrogens is 412 g/mol. The monoisotopic (exact) mass is 436 g/mol. The molecule has 1 aromatic heterocycles. The first kappa shape index (κ1) is 20.0. The maximum Gasteiger partial charge on any atom is 0.307 e. The number of allylic oxidation sites excluding steroid dienone is 2. The number of aliphatic carboxylic acids is 1. The largest absolute Gasteiger partial charge is 0.481 e. The zero-order chi connectivity index (χ0) is 21.7. The van der Waals surface area contributed by atoms with Gasteiger partial charge in [0.1, 0.15) is 5.00 Å². The average Bonchev–Trinajstić information content (AvgIpc) is 3.49. The number of carboxylic acid groups (broad SMARTS) is 1. The Kier molecular flexibility index (Phi) is 4.93. The van der Waals surface area contributed by atoms with Crippen molar-refractivity contribution in [1.82, 2.24) is 0 Å². The van der Waals surface area contributed by atoms with E-state index in [-0.39, 0.29) is 23.7 Å². The number of fused-ring (bicyclic) bond motifs is 3. The van der Waals surface area contributed by atoms with E-state index in [0.717, 1.165) is 35.3 Å². The lowest BCUT2D eigenvalue weighted by Gasteiger charge is -2.23. The summed E-state index contributed by atoms with van der Waals surface area (Å²) in [6, 6.07) is 7.59. The highest BCUT2D eigenvalue weighted by molar-refractivity contribution is 7.17. The molecule has 0 saturated heterocycles. The van der Waals surface area contributed by atoms with E-state index in [4.69, 9.17) is 0 Å². The van der Waals surface area contributed by atoms with Crippen molar-refractivity contribution in [2.75, 3.05) is 10.6 Å². The Labute approximate surface area is 184 Å². The summed E-state index contributed by atoms with van der Waals surface area (Å²) in [6.07, 6.45) is 7.30. The highest BCUT2D eigenvalue weighted by atomic mass is 32.1. The Morgan fingerprint density at radius 3 is 2.42 bits per heavy atom. The number of carbonyl (C=O) groups excluding carboxylic acids is 2. The third-order valence-electron chi connectivity index (χ3n) is 6.74. The molecule has 7 heteroatoms. The topological polar surface area (TPSA) is 95.5 Å². The molecule has 0 aliphatic heterocycles. The minimum atomic E-state index is -0.928. The number of carbonyl (C=O) groups is 3. The van der Waals surface area contributed by atoms with Gasteiger partial charge in [-0.1, -0.05) is 29.8 Å². The Morgan fingerprint density at radius 1 is 1.00 bits per heavy atom. The molecule has 31 heavy (non-hydrogen) atoms. The normalized spacial score (nSPS) is 25.5. The highest BCUT2D eigenvalue weighted by Crippen LogP contribution is 2.49. The number of hydrogen-bond acceptors (Lipinski definition) is 4. The molecule has 1 heterocycles. The number of benzene rings is 1. The smallest absolute Gasteiger partial charge is 0.307 e. The van der Waals surface area contributed by atoms with Crippen molar-refractivity contribution in [3.63, 3.8) is 0 Å². The van der Waals surface area contributed by atoms with Crippen LogP contribution in [0.1, 0.15) is 39.2 Å². The van der Waals surface area contributed by atoms with Crippen molar-refractivity contribution < 1.29 is 19.5 Å². The van der Waals surface area contributed by atoms with E-state index < -0.39 is 17.8 Å². The summed E-state index contributed by atoms with van der Waals surface area (Å²) in [5.41, 5.74) is 3.34. The van der Waals surface area contributed by atoms with Crippen molar-refractivity contribution in [2.24, 2.45) is 23.7 Å². The standard InChI is InChI=1S/C24H24N2O4S/c1-12-5-9-15(10-6-12)25-22(28)20-16-3-2-4-17(16)31-23(20)26-21(27)18-13-7-8-14(11-13)19(18)24(29)30/h5-10,13-14,18-19H,2-4,11H2,1H3,(H,25,28)(H,26,27)(H,29,30)/t13-,14+,18-,19+/m1/s1. The van der Waals surface area contributed by atoms with E-state index >= 15 is 0 Å². The molecule has 3 N–H and O–H groups in total. The van der Waals surface area contributed by atoms with Crippen LogP contribution in [-0.4, -0.2) is 22.9 Å². The van der Waals surface area contributed by atoms with Gasteiger partial charge in [-0.05, 0) is 62.1 Å². The van der Waals surface area contributed by atoms with Crippen molar-refractivity contribution in [3.8, 4) is 0 Å². The minimum Gasteiger partial charge on any atom is -0.481 e. The fourth-order valence-corrected chi connectivity index (χ4v) is 6.56. The molecule has 160 valence electrons. The van der Waals surface area contributed by atoms with Gasteiger partial charge in [-0.2, -0.15) is 0 Å². The molecule has 0 spiro atoms. The van der Waals surface area contributed by atoms with Crippen LogP contribution in [0.4, 0.5) is 10.7 Å². The summed E-state index contributed by atoms with van der Waals surface area (Å²) in [7, 11) is 0. The predicted molar refractivity (Wildman–Crippen MR) is 119 cm³/mol. The second kappa shape index (κ2) is 7.64. The van der Waals surface area contributed by atoms with Crippen molar-refractivity contribution in [2.45, 2.75) is 32.6 Å². The van der Waals surface area contributed by atoms with Gasteiger partial charge >= 0.3 is 5.97 Å². The molecule has 4 atom stereocenters. The Bertz CT molecular complexity index is 1100. The summed E-state index contributed by atoms with van der Waals surface area (Å²) in [4.78, 5) is 39.3. The van der Waals surface area contributed by atoms with Gasteiger partial charge < -0.3 is 15.7 Å². The molecule has 2 aromatic rings. The summed E-state index contributed by atoms with van der Waals surface area (Å²) < 4.78 is 0. The van der Waals surface area contributed by atoms with Crippen LogP contribution < -0.4 is 10.6 Å². The number of carboxylic acids is 1. The Balaban J connectivity index is 1.42.